The van der Waals surface area contributed by atoms with E-state index in [1.54, 1.807) is 42.5 Å². The van der Waals surface area contributed by atoms with Crippen molar-refractivity contribution in [2.24, 2.45) is 0 Å². The quantitative estimate of drug-likeness (QED) is 0.110. The molecule has 0 bridgehead atoms. The zero-order valence-corrected chi connectivity index (χ0v) is 23.8. The molecule has 0 aromatic heterocycles. The fourth-order valence-electron chi connectivity index (χ4n) is 4.88. The summed E-state index contributed by atoms with van der Waals surface area (Å²) in [6, 6.07) is 19.6. The Bertz CT molecular complexity index is 1350. The van der Waals surface area contributed by atoms with Crippen LogP contribution in [0.5, 0.6) is 5.75 Å². The lowest BCUT2D eigenvalue weighted by molar-refractivity contribution is 0.0734. The van der Waals surface area contributed by atoms with Gasteiger partial charge in [0.15, 0.2) is 0 Å². The third-order valence-corrected chi connectivity index (χ3v) is 7.29. The highest BCUT2D eigenvalue weighted by Gasteiger charge is 2.18. The van der Waals surface area contributed by atoms with Gasteiger partial charge in [-0.2, -0.15) is 10.5 Å². The van der Waals surface area contributed by atoms with Crippen molar-refractivity contribution >= 4 is 5.97 Å². The normalized spacial score (nSPS) is 10.6. The van der Waals surface area contributed by atoms with Gasteiger partial charge in [-0.3, -0.25) is 0 Å². The molecule has 3 aromatic rings. The first-order valence-electron chi connectivity index (χ1n) is 14.6. The molecule has 0 saturated carbocycles. The summed E-state index contributed by atoms with van der Waals surface area (Å²) >= 11 is 0. The fourth-order valence-corrected chi connectivity index (χ4v) is 4.88. The molecule has 0 amide bonds. The number of rotatable bonds is 15. The SMILES string of the molecule is CCCCCCCc1ccc(-c2ccc(C(=O)Oc3ccc(CCCCCCC)c(C#N)c3C#N)cc2)cc1F. The van der Waals surface area contributed by atoms with Crippen molar-refractivity contribution in [3.8, 4) is 29.0 Å². The van der Waals surface area contributed by atoms with Crippen LogP contribution in [0.15, 0.2) is 54.6 Å². The van der Waals surface area contributed by atoms with Crippen LogP contribution in [0.3, 0.4) is 0 Å². The van der Waals surface area contributed by atoms with E-state index < -0.39 is 5.97 Å². The lowest BCUT2D eigenvalue weighted by Gasteiger charge is -2.11. The summed E-state index contributed by atoms with van der Waals surface area (Å²) in [7, 11) is 0. The first-order chi connectivity index (χ1) is 19.5. The minimum absolute atomic E-state index is 0.0789. The van der Waals surface area contributed by atoms with E-state index in [-0.39, 0.29) is 22.7 Å². The number of hydrogen-bond donors (Lipinski definition) is 0. The lowest BCUT2D eigenvalue weighted by Crippen LogP contribution is -2.10. The molecule has 0 saturated heterocycles. The van der Waals surface area contributed by atoms with Gasteiger partial charge in [0.25, 0.3) is 0 Å². The second-order valence-electron chi connectivity index (χ2n) is 10.3. The van der Waals surface area contributed by atoms with Crippen LogP contribution in [0.4, 0.5) is 4.39 Å². The number of esters is 1. The Kier molecular flexibility index (Phi) is 12.4. The summed E-state index contributed by atoms with van der Waals surface area (Å²) in [5.74, 6) is -0.753. The number of hydrogen-bond acceptors (Lipinski definition) is 4. The van der Waals surface area contributed by atoms with E-state index in [2.05, 4.69) is 19.9 Å². The predicted octanol–water partition coefficient (Wildman–Crippen LogP) is 9.48. The minimum atomic E-state index is -0.621. The lowest BCUT2D eigenvalue weighted by atomic mass is 9.97. The molecule has 3 rings (SSSR count). The van der Waals surface area contributed by atoms with Crippen LogP contribution < -0.4 is 4.74 Å². The molecule has 0 aliphatic rings. The Labute approximate surface area is 238 Å². The summed E-state index contributed by atoms with van der Waals surface area (Å²) in [6.45, 7) is 4.34. The maximum Gasteiger partial charge on any atom is 0.343 e. The predicted molar refractivity (Wildman–Crippen MR) is 158 cm³/mol. The van der Waals surface area contributed by atoms with Gasteiger partial charge in [0.1, 0.15) is 29.3 Å². The standard InChI is InChI=1S/C35H39FN2O2/c1-3-5-7-9-11-13-27-21-22-34(32(25-38)31(27)24-37)40-35(39)29-18-15-26(16-19-29)30-20-17-28(33(36)23-30)14-12-10-8-6-4-2/h15-23H,3-14H2,1-2H3. The van der Waals surface area contributed by atoms with Crippen molar-refractivity contribution in [3.05, 3.63) is 88.2 Å². The van der Waals surface area contributed by atoms with Gasteiger partial charge in [0, 0.05) is 0 Å². The molecule has 0 radical (unpaired) electrons. The monoisotopic (exact) mass is 538 g/mol. The van der Waals surface area contributed by atoms with Crippen molar-refractivity contribution in [1.29, 1.82) is 10.5 Å². The zero-order chi connectivity index (χ0) is 28.7. The highest BCUT2D eigenvalue weighted by atomic mass is 19.1. The third-order valence-electron chi connectivity index (χ3n) is 7.29. The van der Waals surface area contributed by atoms with Gasteiger partial charge in [0.2, 0.25) is 0 Å². The van der Waals surface area contributed by atoms with Gasteiger partial charge in [-0.25, -0.2) is 9.18 Å². The van der Waals surface area contributed by atoms with Crippen LogP contribution in [-0.4, -0.2) is 5.97 Å². The average molecular weight is 539 g/mol. The highest BCUT2D eigenvalue weighted by Crippen LogP contribution is 2.28. The molecule has 0 unspecified atom stereocenters. The summed E-state index contributed by atoms with van der Waals surface area (Å²) in [5.41, 5.74) is 3.71. The average Bonchev–Trinajstić information content (AvgIpc) is 2.97. The molecule has 208 valence electrons. The number of unbranched alkanes of at least 4 members (excludes halogenated alkanes) is 8. The second-order valence-corrected chi connectivity index (χ2v) is 10.3. The number of halogens is 1. The molecule has 0 spiro atoms. The first kappa shape index (κ1) is 30.6. The number of carbonyl (C=O) groups excluding carboxylic acids is 1. The number of benzene rings is 3. The molecule has 0 aliphatic heterocycles. The molecule has 5 heteroatoms. The van der Waals surface area contributed by atoms with Crippen LogP contribution in [0.2, 0.25) is 0 Å². The van der Waals surface area contributed by atoms with E-state index in [1.807, 2.05) is 18.2 Å². The van der Waals surface area contributed by atoms with Gasteiger partial charge < -0.3 is 4.74 Å². The van der Waals surface area contributed by atoms with Gasteiger partial charge in [-0.1, -0.05) is 95.5 Å². The Morgan fingerprint density at radius 1 is 0.700 bits per heavy atom. The number of nitriles is 2. The largest absolute Gasteiger partial charge is 0.421 e. The summed E-state index contributed by atoms with van der Waals surface area (Å²) in [6.07, 6.45) is 12.6. The molecule has 4 nitrogen and oxygen atoms in total. The van der Waals surface area contributed by atoms with Crippen molar-refractivity contribution in [1.82, 2.24) is 0 Å². The van der Waals surface area contributed by atoms with Crippen molar-refractivity contribution in [2.75, 3.05) is 0 Å². The molecule has 3 aromatic carbocycles. The number of aryl methyl sites for hydroxylation is 2. The van der Waals surface area contributed by atoms with Gasteiger partial charge in [-0.15, -0.1) is 0 Å². The molecule has 0 heterocycles. The zero-order valence-electron chi connectivity index (χ0n) is 23.8. The Morgan fingerprint density at radius 2 is 1.25 bits per heavy atom. The molecule has 0 atom stereocenters. The summed E-state index contributed by atoms with van der Waals surface area (Å²) < 4.78 is 20.3. The molecule has 0 N–H and O–H groups in total. The second kappa shape index (κ2) is 16.2. The Hall–Kier alpha value is -3.96. The van der Waals surface area contributed by atoms with Gasteiger partial charge in [0.05, 0.1) is 11.1 Å². The molecular formula is C35H39FN2O2. The smallest absolute Gasteiger partial charge is 0.343 e. The molecule has 0 aliphatic carbocycles. The topological polar surface area (TPSA) is 73.9 Å². The van der Waals surface area contributed by atoms with E-state index >= 15 is 0 Å². The van der Waals surface area contributed by atoms with Crippen LogP contribution in [0.1, 0.15) is 111 Å². The molecular weight excluding hydrogens is 499 g/mol. The molecule has 0 fully saturated rings. The van der Waals surface area contributed by atoms with Gasteiger partial charge in [-0.05, 0) is 72.2 Å². The van der Waals surface area contributed by atoms with E-state index in [4.69, 9.17) is 4.74 Å². The van der Waals surface area contributed by atoms with E-state index in [1.165, 1.54) is 25.7 Å². The van der Waals surface area contributed by atoms with Gasteiger partial charge >= 0.3 is 5.97 Å². The van der Waals surface area contributed by atoms with Crippen LogP contribution in [0.25, 0.3) is 11.1 Å². The van der Waals surface area contributed by atoms with Crippen LogP contribution >= 0.6 is 0 Å². The summed E-state index contributed by atoms with van der Waals surface area (Å²) in [5, 5.41) is 19.5. The summed E-state index contributed by atoms with van der Waals surface area (Å²) in [4.78, 5) is 12.9. The van der Waals surface area contributed by atoms with Crippen molar-refractivity contribution in [3.63, 3.8) is 0 Å². The van der Waals surface area contributed by atoms with Crippen LogP contribution in [-0.2, 0) is 12.8 Å². The van der Waals surface area contributed by atoms with Crippen molar-refractivity contribution in [2.45, 2.75) is 90.9 Å². The molecule has 40 heavy (non-hydrogen) atoms. The van der Waals surface area contributed by atoms with E-state index in [0.717, 1.165) is 67.2 Å². The number of ether oxygens (including phenoxy) is 1. The maximum absolute atomic E-state index is 14.7. The maximum atomic E-state index is 14.7. The minimum Gasteiger partial charge on any atom is -0.421 e. The Balaban J connectivity index is 1.66. The highest BCUT2D eigenvalue weighted by molar-refractivity contribution is 5.92. The fraction of sp³-hybridized carbons (Fsp3) is 0.400. The van der Waals surface area contributed by atoms with E-state index in [0.29, 0.717) is 12.0 Å². The number of carbonyl (C=O) groups is 1. The third kappa shape index (κ3) is 8.52. The van der Waals surface area contributed by atoms with Crippen LogP contribution in [0, 0.1) is 28.5 Å². The Morgan fingerprint density at radius 3 is 1.82 bits per heavy atom. The van der Waals surface area contributed by atoms with Crippen molar-refractivity contribution < 1.29 is 13.9 Å². The first-order valence-corrected chi connectivity index (χ1v) is 14.6. The van der Waals surface area contributed by atoms with E-state index in [9.17, 15) is 19.7 Å². The number of nitrogens with zero attached hydrogens (tertiary/aromatic N) is 2.